The van der Waals surface area contributed by atoms with Crippen LogP contribution in [0.3, 0.4) is 0 Å². The zero-order valence-corrected chi connectivity index (χ0v) is 11.4. The van der Waals surface area contributed by atoms with Gasteiger partial charge in [0.15, 0.2) is 0 Å². The van der Waals surface area contributed by atoms with Crippen LogP contribution in [-0.4, -0.2) is 43.4 Å². The predicted octanol–water partition coefficient (Wildman–Crippen LogP) is 1.29. The largest absolute Gasteiger partial charge is 0.337 e. The smallest absolute Gasteiger partial charge is 0.256 e. The second kappa shape index (κ2) is 6.29. The van der Waals surface area contributed by atoms with E-state index in [0.29, 0.717) is 17.8 Å². The monoisotopic (exact) mass is 273 g/mol. The summed E-state index contributed by atoms with van der Waals surface area (Å²) in [6, 6.07) is 7.19. The summed E-state index contributed by atoms with van der Waals surface area (Å²) in [5, 5.41) is 8.72. The minimum Gasteiger partial charge on any atom is -0.337 e. The highest BCUT2D eigenvalue weighted by Gasteiger charge is 2.25. The van der Waals surface area contributed by atoms with Gasteiger partial charge in [0.1, 0.15) is 0 Å². The Bertz CT molecular complexity index is 508. The van der Waals surface area contributed by atoms with Gasteiger partial charge in [0.05, 0.1) is 11.3 Å². The molecule has 6 nitrogen and oxygen atoms in total. The van der Waals surface area contributed by atoms with Crippen molar-refractivity contribution >= 4 is 25.0 Å². The third-order valence-corrected chi connectivity index (χ3v) is 3.36. The van der Waals surface area contributed by atoms with Crippen molar-refractivity contribution in [2.45, 2.75) is 18.9 Å². The number of benzene rings is 1. The molecule has 1 aliphatic heterocycles. The van der Waals surface area contributed by atoms with Gasteiger partial charge >= 0.3 is 0 Å². The second-order valence-electron chi connectivity index (χ2n) is 4.74. The number of nitrogens with zero attached hydrogens (tertiary/aromatic N) is 4. The van der Waals surface area contributed by atoms with Crippen molar-refractivity contribution in [1.82, 2.24) is 4.90 Å². The fourth-order valence-corrected chi connectivity index (χ4v) is 2.39. The molecule has 1 unspecified atom stereocenters. The van der Waals surface area contributed by atoms with Gasteiger partial charge in [-0.05, 0) is 25.0 Å². The highest BCUT2D eigenvalue weighted by atomic mass is 16.2. The SMILES string of the molecule is C=NN(N=C)c1ccccc1C(=O)N1CCCC(N)C1. The molecule has 20 heavy (non-hydrogen) atoms. The molecule has 2 N–H and O–H groups in total. The van der Waals surface area contributed by atoms with Crippen molar-refractivity contribution in [1.29, 1.82) is 0 Å². The summed E-state index contributed by atoms with van der Waals surface area (Å²) in [6.45, 7) is 8.17. The normalized spacial score (nSPS) is 18.4. The average molecular weight is 273 g/mol. The van der Waals surface area contributed by atoms with E-state index in [-0.39, 0.29) is 11.9 Å². The average Bonchev–Trinajstić information content (AvgIpc) is 2.48. The van der Waals surface area contributed by atoms with Gasteiger partial charge < -0.3 is 10.6 Å². The zero-order chi connectivity index (χ0) is 14.5. The van der Waals surface area contributed by atoms with E-state index in [1.54, 1.807) is 17.0 Å². The first-order chi connectivity index (χ1) is 9.67. The van der Waals surface area contributed by atoms with E-state index in [1.165, 1.54) is 5.12 Å². The van der Waals surface area contributed by atoms with Crippen LogP contribution in [0.5, 0.6) is 0 Å². The van der Waals surface area contributed by atoms with Crippen LogP contribution in [0.4, 0.5) is 5.69 Å². The first-order valence-electron chi connectivity index (χ1n) is 6.54. The van der Waals surface area contributed by atoms with Gasteiger partial charge in [-0.15, -0.1) is 0 Å². The number of anilines is 1. The molecule has 1 heterocycles. The number of piperidine rings is 1. The number of hydrazone groups is 2. The maximum absolute atomic E-state index is 12.6. The lowest BCUT2D eigenvalue weighted by Gasteiger charge is -2.31. The molecule has 1 aromatic rings. The Morgan fingerprint density at radius 3 is 2.70 bits per heavy atom. The minimum absolute atomic E-state index is 0.0472. The Morgan fingerprint density at radius 1 is 1.35 bits per heavy atom. The number of hydrogen-bond donors (Lipinski definition) is 1. The Balaban J connectivity index is 2.29. The topological polar surface area (TPSA) is 74.3 Å². The number of carbonyl (C=O) groups is 1. The Hall–Kier alpha value is -2.21. The van der Waals surface area contributed by atoms with Gasteiger partial charge in [-0.1, -0.05) is 12.1 Å². The summed E-state index contributed by atoms with van der Waals surface area (Å²) in [6.07, 6.45) is 1.89. The maximum atomic E-state index is 12.6. The summed E-state index contributed by atoms with van der Waals surface area (Å²) >= 11 is 0. The first kappa shape index (κ1) is 14.2. The van der Waals surface area contributed by atoms with Gasteiger partial charge in [0, 0.05) is 32.6 Å². The van der Waals surface area contributed by atoms with E-state index in [1.807, 2.05) is 12.1 Å². The quantitative estimate of drug-likeness (QED) is 0.663. The Kier molecular flexibility index (Phi) is 4.47. The number of amides is 1. The molecular formula is C14H19N5O. The van der Waals surface area contributed by atoms with Gasteiger partial charge in [-0.25, -0.2) is 0 Å². The molecule has 1 atom stereocenters. The number of rotatable bonds is 4. The summed E-state index contributed by atoms with van der Waals surface area (Å²) in [5.41, 5.74) is 7.03. The van der Waals surface area contributed by atoms with Crippen molar-refractivity contribution in [3.63, 3.8) is 0 Å². The van der Waals surface area contributed by atoms with Gasteiger partial charge in [0.25, 0.3) is 5.91 Å². The minimum atomic E-state index is -0.0620. The third kappa shape index (κ3) is 2.85. The number of para-hydroxylation sites is 1. The highest BCUT2D eigenvalue weighted by Crippen LogP contribution is 2.23. The van der Waals surface area contributed by atoms with Crippen LogP contribution in [0.15, 0.2) is 34.5 Å². The molecule has 0 aromatic heterocycles. The summed E-state index contributed by atoms with van der Waals surface area (Å²) in [5.74, 6) is -0.0620. The maximum Gasteiger partial charge on any atom is 0.256 e. The van der Waals surface area contributed by atoms with Gasteiger partial charge in [-0.2, -0.15) is 15.3 Å². The molecule has 0 saturated carbocycles. The number of hydrogen-bond acceptors (Lipinski definition) is 5. The molecule has 2 rings (SSSR count). The lowest BCUT2D eigenvalue weighted by Crippen LogP contribution is -2.45. The predicted molar refractivity (Wildman–Crippen MR) is 81.1 cm³/mol. The lowest BCUT2D eigenvalue weighted by molar-refractivity contribution is 0.0709. The van der Waals surface area contributed by atoms with E-state index in [0.717, 1.165) is 19.4 Å². The van der Waals surface area contributed by atoms with E-state index >= 15 is 0 Å². The molecule has 0 spiro atoms. The fourth-order valence-electron chi connectivity index (χ4n) is 2.39. The number of likely N-dealkylation sites (tertiary alicyclic amines) is 1. The second-order valence-corrected chi connectivity index (χ2v) is 4.74. The van der Waals surface area contributed by atoms with E-state index in [4.69, 9.17) is 5.73 Å². The molecule has 1 fully saturated rings. The number of nitrogens with two attached hydrogens (primary N) is 1. The Morgan fingerprint density at radius 2 is 2.05 bits per heavy atom. The molecular weight excluding hydrogens is 254 g/mol. The summed E-state index contributed by atoms with van der Waals surface area (Å²) < 4.78 is 0. The molecule has 1 aromatic carbocycles. The zero-order valence-electron chi connectivity index (χ0n) is 11.4. The van der Waals surface area contributed by atoms with E-state index in [2.05, 4.69) is 23.6 Å². The van der Waals surface area contributed by atoms with Gasteiger partial charge in [-0.3, -0.25) is 4.79 Å². The van der Waals surface area contributed by atoms with E-state index in [9.17, 15) is 4.79 Å². The van der Waals surface area contributed by atoms with Crippen LogP contribution >= 0.6 is 0 Å². The third-order valence-electron chi connectivity index (χ3n) is 3.36. The first-order valence-corrected chi connectivity index (χ1v) is 6.54. The van der Waals surface area contributed by atoms with Crippen LogP contribution in [0.2, 0.25) is 0 Å². The molecule has 106 valence electrons. The Labute approximate surface area is 118 Å². The van der Waals surface area contributed by atoms with E-state index < -0.39 is 0 Å². The molecule has 0 radical (unpaired) electrons. The van der Waals surface area contributed by atoms with Crippen LogP contribution in [0.1, 0.15) is 23.2 Å². The number of carbonyl (C=O) groups excluding carboxylic acids is 1. The molecule has 1 amide bonds. The van der Waals surface area contributed by atoms with Crippen molar-refractivity contribution in [2.75, 3.05) is 18.2 Å². The fraction of sp³-hybridized carbons (Fsp3) is 0.357. The van der Waals surface area contributed by atoms with Crippen LogP contribution in [0.25, 0.3) is 0 Å². The van der Waals surface area contributed by atoms with Crippen LogP contribution < -0.4 is 10.9 Å². The highest BCUT2D eigenvalue weighted by molar-refractivity contribution is 5.99. The van der Waals surface area contributed by atoms with Gasteiger partial charge in [0.2, 0.25) is 0 Å². The molecule has 0 bridgehead atoms. The molecule has 1 saturated heterocycles. The lowest BCUT2D eigenvalue weighted by atomic mass is 10.0. The van der Waals surface area contributed by atoms with Crippen molar-refractivity contribution < 1.29 is 4.79 Å². The van der Waals surface area contributed by atoms with Crippen molar-refractivity contribution in [2.24, 2.45) is 15.9 Å². The van der Waals surface area contributed by atoms with Crippen LogP contribution in [0, 0.1) is 0 Å². The summed E-state index contributed by atoms with van der Waals surface area (Å²) in [7, 11) is 0. The standard InChI is InChI=1S/C14H19N5O/c1-16-19(17-2)13-8-4-3-7-12(13)14(20)18-9-5-6-11(15)10-18/h3-4,7-8,11H,1-2,5-6,9-10,15H2. The van der Waals surface area contributed by atoms with Crippen LogP contribution in [-0.2, 0) is 0 Å². The molecule has 6 heteroatoms. The molecule has 1 aliphatic rings. The summed E-state index contributed by atoms with van der Waals surface area (Å²) in [4.78, 5) is 14.4. The van der Waals surface area contributed by atoms with Crippen molar-refractivity contribution in [3.05, 3.63) is 29.8 Å². The molecule has 0 aliphatic carbocycles. The van der Waals surface area contributed by atoms with Crippen molar-refractivity contribution in [3.8, 4) is 0 Å².